The van der Waals surface area contributed by atoms with E-state index in [0.717, 1.165) is 53.6 Å². The third-order valence-electron chi connectivity index (χ3n) is 10.6. The molecular formula is C47H63Cl2FN9O10P. The number of carbonyl (C=O) groups is 5. The Bertz CT molecular complexity index is 2460. The minimum absolute atomic E-state index is 0.0170. The van der Waals surface area contributed by atoms with E-state index in [4.69, 9.17) is 54.8 Å². The molecule has 0 radical (unpaired) electrons. The maximum absolute atomic E-state index is 14.7. The van der Waals surface area contributed by atoms with Crippen LogP contribution in [0.15, 0.2) is 41.5 Å². The Morgan fingerprint density at radius 1 is 1.07 bits per heavy atom. The molecule has 0 bridgehead atoms. The van der Waals surface area contributed by atoms with Crippen molar-refractivity contribution in [2.75, 3.05) is 77.5 Å². The van der Waals surface area contributed by atoms with Gasteiger partial charge in [0, 0.05) is 49.7 Å². The number of rotatable bonds is 16. The van der Waals surface area contributed by atoms with E-state index in [1.54, 1.807) is 12.0 Å². The van der Waals surface area contributed by atoms with Crippen LogP contribution in [0.2, 0.25) is 5.28 Å². The maximum Gasteiger partial charge on any atom is 0.320 e. The Kier molecular flexibility index (Phi) is 23.2. The number of anilines is 5. The number of carbonyl (C=O) groups excluding carboxylic acids is 4. The van der Waals surface area contributed by atoms with Crippen molar-refractivity contribution in [3.05, 3.63) is 63.7 Å². The van der Waals surface area contributed by atoms with E-state index in [9.17, 15) is 32.9 Å². The van der Waals surface area contributed by atoms with Crippen molar-refractivity contribution in [3.8, 4) is 18.1 Å². The number of ether oxygens (including phenoxy) is 2. The fourth-order valence-corrected chi connectivity index (χ4v) is 8.38. The number of amides is 4. The molecule has 19 nitrogen and oxygen atoms in total. The molecule has 382 valence electrons. The molecule has 23 heteroatoms. The molecule has 0 saturated heterocycles. The van der Waals surface area contributed by atoms with Gasteiger partial charge in [-0.15, -0.1) is 18.0 Å². The number of carboxylic acids is 1. The second kappa shape index (κ2) is 27.6. The number of para-hydroxylation sites is 1. The van der Waals surface area contributed by atoms with Gasteiger partial charge in [-0.3, -0.25) is 33.4 Å². The molecule has 1 aliphatic carbocycles. The number of methoxy groups -OCH3 is 1. The summed E-state index contributed by atoms with van der Waals surface area (Å²) in [6.45, 7) is 14.2. The summed E-state index contributed by atoms with van der Waals surface area (Å²) >= 11 is 11.5. The van der Waals surface area contributed by atoms with Crippen LogP contribution in [0, 0.1) is 25.1 Å². The molecule has 0 spiro atoms. The summed E-state index contributed by atoms with van der Waals surface area (Å²) in [6, 6.07) is 7.65. The van der Waals surface area contributed by atoms with Crippen LogP contribution in [0.5, 0.6) is 5.75 Å². The second-order valence-electron chi connectivity index (χ2n) is 16.6. The normalized spacial score (nSPS) is 15.5. The Labute approximate surface area is 418 Å². The lowest BCUT2D eigenvalue weighted by atomic mass is 9.93. The Balaban J connectivity index is 0.000000261. The van der Waals surface area contributed by atoms with Gasteiger partial charge in [0.2, 0.25) is 23.1 Å². The van der Waals surface area contributed by atoms with Crippen molar-refractivity contribution in [2.24, 2.45) is 5.73 Å². The Morgan fingerprint density at radius 3 is 2.23 bits per heavy atom. The average Bonchev–Trinajstić information content (AvgIpc) is 3.55. The maximum atomic E-state index is 14.7. The highest BCUT2D eigenvalue weighted by molar-refractivity contribution is 7.57. The number of aryl methyl sites for hydroxylation is 2. The number of nitrogens with zero attached hydrogens (tertiary/aromatic N) is 6. The quantitative estimate of drug-likeness (QED) is 0.0441. The molecular weight excluding hydrogens is 971 g/mol. The van der Waals surface area contributed by atoms with Gasteiger partial charge in [0.05, 0.1) is 36.3 Å². The lowest BCUT2D eigenvalue weighted by molar-refractivity contribution is -0.138. The number of imide groups is 1. The zero-order valence-corrected chi connectivity index (χ0v) is 43.1. The molecule has 2 aromatic carbocycles. The SMILES string of the molecule is C#CCN1C(=O)COc2cc(F)c(N3C(=O)C4=C(CCCC4)C3=O)cc21.CCNc1nc(Cl)nc(NC(C)C)n1.CCc1cccc(C)c1N(C(=O)CCl)C(C)COC.CP(=O)(O)CCC(N)C(=O)O. The molecule has 2 aliphatic heterocycles. The van der Waals surface area contributed by atoms with Crippen LogP contribution in [0.1, 0.15) is 77.8 Å². The van der Waals surface area contributed by atoms with Crippen LogP contribution in [0.25, 0.3) is 0 Å². The molecule has 3 unspecified atom stereocenters. The van der Waals surface area contributed by atoms with Crippen LogP contribution in [-0.2, 0) is 39.7 Å². The minimum atomic E-state index is -3.10. The summed E-state index contributed by atoms with van der Waals surface area (Å²) < 4.78 is 35.8. The third kappa shape index (κ3) is 16.5. The smallest absolute Gasteiger partial charge is 0.320 e. The molecule has 0 saturated carbocycles. The van der Waals surface area contributed by atoms with E-state index in [1.807, 2.05) is 46.8 Å². The van der Waals surface area contributed by atoms with Crippen molar-refractivity contribution in [3.63, 3.8) is 0 Å². The highest BCUT2D eigenvalue weighted by atomic mass is 35.5. The predicted molar refractivity (Wildman–Crippen MR) is 270 cm³/mol. The lowest BCUT2D eigenvalue weighted by Crippen LogP contribution is -2.43. The van der Waals surface area contributed by atoms with E-state index >= 15 is 0 Å². The van der Waals surface area contributed by atoms with Gasteiger partial charge in [-0.05, 0) is 102 Å². The van der Waals surface area contributed by atoms with E-state index in [1.165, 1.54) is 17.6 Å². The van der Waals surface area contributed by atoms with Crippen molar-refractivity contribution in [1.29, 1.82) is 0 Å². The minimum Gasteiger partial charge on any atom is -0.481 e. The predicted octanol–water partition coefficient (Wildman–Crippen LogP) is 6.56. The van der Waals surface area contributed by atoms with Crippen molar-refractivity contribution in [2.45, 2.75) is 98.2 Å². The first kappa shape index (κ1) is 58.6. The molecule has 3 aromatic rings. The third-order valence-corrected chi connectivity index (χ3v) is 12.0. The molecule has 3 atom stereocenters. The van der Waals surface area contributed by atoms with Gasteiger partial charge >= 0.3 is 5.97 Å². The number of terminal acetylenes is 1. The van der Waals surface area contributed by atoms with Crippen molar-refractivity contribution < 1.29 is 52.4 Å². The van der Waals surface area contributed by atoms with E-state index in [2.05, 4.69) is 44.5 Å². The summed E-state index contributed by atoms with van der Waals surface area (Å²) in [6.07, 6.45) is 8.89. The number of alkyl halides is 1. The van der Waals surface area contributed by atoms with E-state index in [0.29, 0.717) is 42.5 Å². The highest BCUT2D eigenvalue weighted by Crippen LogP contribution is 2.42. The van der Waals surface area contributed by atoms with Gasteiger partial charge in [-0.1, -0.05) is 31.0 Å². The molecule has 4 amide bonds. The second-order valence-corrected chi connectivity index (χ2v) is 19.7. The van der Waals surface area contributed by atoms with Crippen LogP contribution in [0.4, 0.5) is 33.3 Å². The van der Waals surface area contributed by atoms with Crippen molar-refractivity contribution >= 4 is 89.1 Å². The Hall–Kier alpha value is -5.68. The Morgan fingerprint density at radius 2 is 1.70 bits per heavy atom. The molecule has 6 rings (SSSR count). The number of hydrogen-bond acceptors (Lipinski definition) is 14. The standard InChI is InChI=1S/C19H15FN2O4.C15H22ClNO2.C8H14ClN5.C5H12NO4P/c1-2-7-21-15-9-14(13(20)8-16(15)26-10-17(21)23)22-18(24)11-5-3-4-6-12(11)19(22)25;1-5-13-8-6-7-11(2)15(13)17(14(18)9-16)12(3)10-19-4;1-4-10-7-12-6(9)13-8(14-7)11-5(2)3;1-11(9,10)3-2-4(6)5(7)8/h1,8-9H,3-7,10H2;6-8,12H,5,9-10H2,1-4H3;5H,4H2,1-3H3,(H2,10,11,12,13,14);4H,2-3,6H2,1H3,(H,7,8)(H,9,10). The van der Waals surface area contributed by atoms with Gasteiger partial charge in [0.15, 0.2) is 19.8 Å². The first-order chi connectivity index (χ1) is 33.0. The lowest BCUT2D eigenvalue weighted by Gasteiger charge is -2.31. The number of nitrogens with two attached hydrogens (primary N) is 1. The molecule has 1 aromatic heterocycles. The first-order valence-corrected chi connectivity index (χ1v) is 25.7. The van der Waals surface area contributed by atoms with Gasteiger partial charge in [-0.25, -0.2) is 9.29 Å². The zero-order chi connectivity index (χ0) is 52.5. The number of hydrogen-bond donors (Lipinski definition) is 5. The zero-order valence-electron chi connectivity index (χ0n) is 40.7. The van der Waals surface area contributed by atoms with Gasteiger partial charge < -0.3 is 40.7 Å². The summed E-state index contributed by atoms with van der Waals surface area (Å²) in [5.74, 6) is 0.148. The number of aliphatic carboxylic acids is 1. The van der Waals surface area contributed by atoms with Crippen molar-refractivity contribution in [1.82, 2.24) is 15.0 Å². The topological polar surface area (TPSA) is 260 Å². The number of fused-ring (bicyclic) bond motifs is 1. The highest BCUT2D eigenvalue weighted by Gasteiger charge is 2.42. The van der Waals surface area contributed by atoms with Crippen LogP contribution >= 0.6 is 30.6 Å². The summed E-state index contributed by atoms with van der Waals surface area (Å²) in [7, 11) is -1.47. The molecule has 70 heavy (non-hydrogen) atoms. The molecule has 3 heterocycles. The fourth-order valence-electron chi connectivity index (χ4n) is 7.34. The summed E-state index contributed by atoms with van der Waals surface area (Å²) in [5.41, 5.74) is 9.29. The van der Waals surface area contributed by atoms with Crippen LogP contribution in [-0.4, -0.2) is 125 Å². The number of halogens is 3. The number of nitrogens with one attached hydrogen (secondary N) is 2. The number of benzene rings is 2. The first-order valence-electron chi connectivity index (χ1n) is 22.5. The largest absolute Gasteiger partial charge is 0.481 e. The monoisotopic (exact) mass is 1030 g/mol. The average molecular weight is 1030 g/mol. The van der Waals surface area contributed by atoms with E-state index < -0.39 is 37.0 Å². The van der Waals surface area contributed by atoms with E-state index in [-0.39, 0.29) is 77.9 Å². The summed E-state index contributed by atoms with van der Waals surface area (Å²) in [4.78, 5) is 84.4. The number of aromatic nitrogens is 3. The van der Waals surface area contributed by atoms with Gasteiger partial charge in [0.1, 0.15) is 17.7 Å². The molecule has 3 aliphatic rings. The molecule has 6 N–H and O–H groups in total. The number of carboxylic acid groups (broad SMARTS) is 1. The van der Waals surface area contributed by atoms with Crippen LogP contribution < -0.4 is 35.8 Å². The summed E-state index contributed by atoms with van der Waals surface area (Å²) in [5, 5.41) is 14.5. The van der Waals surface area contributed by atoms with Crippen LogP contribution in [0.3, 0.4) is 0 Å². The molecule has 0 fully saturated rings. The fraction of sp³-hybridized carbons (Fsp3) is 0.489. The van der Waals surface area contributed by atoms with Gasteiger partial charge in [0.25, 0.3) is 17.7 Å². The van der Waals surface area contributed by atoms with Gasteiger partial charge in [-0.2, -0.15) is 15.0 Å².